The van der Waals surface area contributed by atoms with E-state index < -0.39 is 10.0 Å². The third-order valence-corrected chi connectivity index (χ3v) is 4.83. The number of nitrogens with two attached hydrogens (primary N) is 1. The fourth-order valence-corrected chi connectivity index (χ4v) is 3.99. The molecule has 0 saturated carbocycles. The normalized spacial score (nSPS) is 20.7. The molecule has 0 aliphatic carbocycles. The Bertz CT molecular complexity index is 550. The number of aryl methyl sites for hydroxylation is 1. The molecule has 1 aliphatic heterocycles. The lowest BCUT2D eigenvalue weighted by Gasteiger charge is -2.15. The van der Waals surface area contributed by atoms with Crippen LogP contribution < -0.4 is 5.14 Å². The van der Waals surface area contributed by atoms with Crippen LogP contribution in [0, 0.1) is 12.8 Å². The van der Waals surface area contributed by atoms with Gasteiger partial charge in [-0.15, -0.1) is 11.3 Å². The fourth-order valence-electron chi connectivity index (χ4n) is 2.21. The zero-order chi connectivity index (χ0) is 13.3. The molecule has 1 aromatic rings. The molecule has 1 amide bonds. The molecule has 100 valence electrons. The Morgan fingerprint density at radius 2 is 2.22 bits per heavy atom. The summed E-state index contributed by atoms with van der Waals surface area (Å²) in [4.78, 5) is 15.8. The van der Waals surface area contributed by atoms with Crippen molar-refractivity contribution in [2.24, 2.45) is 11.1 Å². The Balaban J connectivity index is 1.97. The summed E-state index contributed by atoms with van der Waals surface area (Å²) >= 11 is 1.65. The van der Waals surface area contributed by atoms with Gasteiger partial charge in [0.05, 0.1) is 12.3 Å². The fraction of sp³-hybridized carbons (Fsp3) is 0.545. The molecule has 18 heavy (non-hydrogen) atoms. The second-order valence-corrected chi connectivity index (χ2v) is 7.72. The maximum Gasteiger partial charge on any atom is 0.223 e. The van der Waals surface area contributed by atoms with Crippen LogP contribution in [0.2, 0.25) is 0 Å². The van der Waals surface area contributed by atoms with Gasteiger partial charge in [0, 0.05) is 28.6 Å². The molecule has 2 heterocycles. The number of hydrogen-bond donors (Lipinski definition) is 1. The monoisotopic (exact) mass is 288 g/mol. The SMILES string of the molecule is Cc1ccc(CN2CC(CS(N)(=O)=O)CC2=O)s1. The zero-order valence-corrected chi connectivity index (χ0v) is 11.8. The molecule has 0 aromatic carbocycles. The summed E-state index contributed by atoms with van der Waals surface area (Å²) in [6.45, 7) is 3.06. The highest BCUT2D eigenvalue weighted by Crippen LogP contribution is 2.23. The standard InChI is InChI=1S/C11H16N2O3S2/c1-8-2-3-10(17-8)6-13-5-9(4-11(13)14)7-18(12,15)16/h2-3,9H,4-7H2,1H3,(H2,12,15,16). The summed E-state index contributed by atoms with van der Waals surface area (Å²) in [6, 6.07) is 4.02. The molecule has 7 heteroatoms. The summed E-state index contributed by atoms with van der Waals surface area (Å²) in [5, 5.41) is 5.01. The quantitative estimate of drug-likeness (QED) is 0.885. The van der Waals surface area contributed by atoms with Gasteiger partial charge >= 0.3 is 0 Å². The average molecular weight is 288 g/mol. The number of sulfonamides is 1. The summed E-state index contributed by atoms with van der Waals surface area (Å²) < 4.78 is 22.0. The molecule has 1 unspecified atom stereocenters. The van der Waals surface area contributed by atoms with Crippen LogP contribution in [0.25, 0.3) is 0 Å². The number of carbonyl (C=O) groups excluding carboxylic acids is 1. The van der Waals surface area contributed by atoms with Crippen molar-refractivity contribution in [3.05, 3.63) is 21.9 Å². The van der Waals surface area contributed by atoms with Crippen LogP contribution in [-0.4, -0.2) is 31.5 Å². The third kappa shape index (κ3) is 3.54. The van der Waals surface area contributed by atoms with Gasteiger partial charge in [0.25, 0.3) is 0 Å². The van der Waals surface area contributed by atoms with Crippen molar-refractivity contribution in [1.29, 1.82) is 0 Å². The number of thiophene rings is 1. The van der Waals surface area contributed by atoms with Crippen molar-refractivity contribution in [2.75, 3.05) is 12.3 Å². The molecule has 2 N–H and O–H groups in total. The predicted octanol–water partition coefficient (Wildman–Crippen LogP) is 0.694. The number of amides is 1. The van der Waals surface area contributed by atoms with Crippen LogP contribution in [0.4, 0.5) is 0 Å². The maximum atomic E-state index is 11.8. The molecule has 5 nitrogen and oxygen atoms in total. The molecular weight excluding hydrogens is 272 g/mol. The van der Waals surface area contributed by atoms with Crippen LogP contribution >= 0.6 is 11.3 Å². The molecule has 1 aliphatic rings. The van der Waals surface area contributed by atoms with Crippen LogP contribution in [0.15, 0.2) is 12.1 Å². The van der Waals surface area contributed by atoms with Gasteiger partial charge in [-0.3, -0.25) is 4.79 Å². The Kier molecular flexibility index (Phi) is 3.74. The van der Waals surface area contributed by atoms with Crippen molar-refractivity contribution in [1.82, 2.24) is 4.90 Å². The van der Waals surface area contributed by atoms with E-state index in [4.69, 9.17) is 5.14 Å². The van der Waals surface area contributed by atoms with E-state index in [1.807, 2.05) is 19.1 Å². The molecule has 1 atom stereocenters. The van der Waals surface area contributed by atoms with E-state index in [0.29, 0.717) is 13.1 Å². The van der Waals surface area contributed by atoms with Crippen LogP contribution in [0.1, 0.15) is 16.2 Å². The first-order valence-electron chi connectivity index (χ1n) is 5.67. The van der Waals surface area contributed by atoms with Gasteiger partial charge in [-0.25, -0.2) is 13.6 Å². The van der Waals surface area contributed by atoms with E-state index in [2.05, 4.69) is 0 Å². The minimum absolute atomic E-state index is 0.00898. The highest BCUT2D eigenvalue weighted by molar-refractivity contribution is 7.89. The van der Waals surface area contributed by atoms with Gasteiger partial charge < -0.3 is 4.90 Å². The topological polar surface area (TPSA) is 80.5 Å². The molecule has 0 spiro atoms. The highest BCUT2D eigenvalue weighted by Gasteiger charge is 2.31. The number of hydrogen-bond acceptors (Lipinski definition) is 4. The van der Waals surface area contributed by atoms with Crippen LogP contribution in [0.3, 0.4) is 0 Å². The molecule has 1 aromatic heterocycles. The van der Waals surface area contributed by atoms with Gasteiger partial charge in [0.1, 0.15) is 0 Å². The van der Waals surface area contributed by atoms with E-state index in [1.165, 1.54) is 4.88 Å². The number of rotatable bonds is 4. The van der Waals surface area contributed by atoms with E-state index in [9.17, 15) is 13.2 Å². The van der Waals surface area contributed by atoms with E-state index in [0.717, 1.165) is 4.88 Å². The maximum absolute atomic E-state index is 11.8. The smallest absolute Gasteiger partial charge is 0.223 e. The lowest BCUT2D eigenvalue weighted by molar-refractivity contribution is -0.128. The van der Waals surface area contributed by atoms with Crippen molar-refractivity contribution >= 4 is 27.3 Å². The molecular formula is C11H16N2O3S2. The average Bonchev–Trinajstić information content (AvgIpc) is 2.73. The summed E-state index contributed by atoms with van der Waals surface area (Å²) in [6.07, 6.45) is 0.279. The van der Waals surface area contributed by atoms with Crippen molar-refractivity contribution in [3.63, 3.8) is 0 Å². The summed E-state index contributed by atoms with van der Waals surface area (Å²) in [5.41, 5.74) is 0. The molecule has 1 fully saturated rings. The van der Waals surface area contributed by atoms with E-state index in [1.54, 1.807) is 16.2 Å². The van der Waals surface area contributed by atoms with E-state index in [-0.39, 0.29) is 24.0 Å². The van der Waals surface area contributed by atoms with Gasteiger partial charge in [-0.2, -0.15) is 0 Å². The van der Waals surface area contributed by atoms with Crippen molar-refractivity contribution < 1.29 is 13.2 Å². The highest BCUT2D eigenvalue weighted by atomic mass is 32.2. The first-order valence-corrected chi connectivity index (χ1v) is 8.20. The van der Waals surface area contributed by atoms with Gasteiger partial charge in [-0.05, 0) is 19.1 Å². The molecule has 0 bridgehead atoms. The van der Waals surface area contributed by atoms with Crippen LogP contribution in [-0.2, 0) is 21.4 Å². The summed E-state index contributed by atoms with van der Waals surface area (Å²) in [7, 11) is -3.50. The van der Waals surface area contributed by atoms with Gasteiger partial charge in [-0.1, -0.05) is 0 Å². The van der Waals surface area contributed by atoms with Crippen LogP contribution in [0.5, 0.6) is 0 Å². The summed E-state index contributed by atoms with van der Waals surface area (Å²) in [5.74, 6) is -0.276. The Hall–Kier alpha value is -0.920. The number of carbonyl (C=O) groups is 1. The second-order valence-electron chi connectivity index (χ2n) is 4.69. The number of primary sulfonamides is 1. The minimum atomic E-state index is -3.50. The van der Waals surface area contributed by atoms with Crippen molar-refractivity contribution in [2.45, 2.75) is 19.9 Å². The first-order chi connectivity index (χ1) is 8.33. The first kappa shape index (κ1) is 13.5. The molecule has 0 radical (unpaired) electrons. The predicted molar refractivity (Wildman–Crippen MR) is 70.6 cm³/mol. The second kappa shape index (κ2) is 4.99. The van der Waals surface area contributed by atoms with Crippen molar-refractivity contribution in [3.8, 4) is 0 Å². The van der Waals surface area contributed by atoms with Gasteiger partial charge in [0.2, 0.25) is 15.9 Å². The van der Waals surface area contributed by atoms with Gasteiger partial charge in [0.15, 0.2) is 0 Å². The number of nitrogens with zero attached hydrogens (tertiary/aromatic N) is 1. The lowest BCUT2D eigenvalue weighted by Crippen LogP contribution is -2.27. The van der Waals surface area contributed by atoms with E-state index >= 15 is 0 Å². The third-order valence-electron chi connectivity index (χ3n) is 2.91. The largest absolute Gasteiger partial charge is 0.337 e. The molecule has 2 rings (SSSR count). The Morgan fingerprint density at radius 3 is 2.78 bits per heavy atom. The number of likely N-dealkylation sites (tertiary alicyclic amines) is 1. The lowest BCUT2D eigenvalue weighted by atomic mass is 10.1. The minimum Gasteiger partial charge on any atom is -0.337 e. The zero-order valence-electron chi connectivity index (χ0n) is 10.1. The Morgan fingerprint density at radius 1 is 1.50 bits per heavy atom. The molecule has 1 saturated heterocycles. The Labute approximate surface area is 111 Å².